The minimum absolute atomic E-state index is 0.228. The third-order valence-electron chi connectivity index (χ3n) is 5.69. The number of rotatable bonds is 8. The number of hydrogen-bond acceptors (Lipinski definition) is 4. The monoisotopic (exact) mass is 543 g/mol. The molecule has 0 bridgehead atoms. The molecule has 0 aliphatic rings. The highest BCUT2D eigenvalue weighted by atomic mass is 35.5. The minimum atomic E-state index is -0.259. The number of methoxy groups -OCH3 is 1. The first kappa shape index (κ1) is 25.9. The highest BCUT2D eigenvalue weighted by Crippen LogP contribution is 2.27. The van der Waals surface area contributed by atoms with Crippen molar-refractivity contribution in [1.29, 1.82) is 0 Å². The Hall–Kier alpha value is -3.19. The second-order valence-corrected chi connectivity index (χ2v) is 9.43. The normalized spacial score (nSPS) is 10.8. The molecule has 0 fully saturated rings. The minimum Gasteiger partial charge on any atom is -0.496 e. The van der Waals surface area contributed by atoms with E-state index < -0.39 is 0 Å². The predicted octanol–water partition coefficient (Wildman–Crippen LogP) is 7.35. The van der Waals surface area contributed by atoms with Crippen LogP contribution in [0.2, 0.25) is 15.1 Å². The second kappa shape index (κ2) is 11.2. The lowest BCUT2D eigenvalue weighted by atomic mass is 10.1. The number of halogens is 3. The van der Waals surface area contributed by atoms with E-state index in [-0.39, 0.29) is 12.5 Å². The Morgan fingerprint density at radius 1 is 0.972 bits per heavy atom. The van der Waals surface area contributed by atoms with Crippen LogP contribution in [-0.4, -0.2) is 22.8 Å². The second-order valence-electron chi connectivity index (χ2n) is 8.18. The molecular formula is C27H24Cl3N3O3. The molecule has 4 rings (SSSR count). The number of aromatic nitrogens is 2. The highest BCUT2D eigenvalue weighted by Gasteiger charge is 2.17. The molecule has 6 nitrogen and oxygen atoms in total. The average Bonchev–Trinajstić information content (AvgIpc) is 3.12. The first-order valence-electron chi connectivity index (χ1n) is 11.1. The van der Waals surface area contributed by atoms with E-state index in [0.29, 0.717) is 50.1 Å². The summed E-state index contributed by atoms with van der Waals surface area (Å²) in [4.78, 5) is 13.2. The van der Waals surface area contributed by atoms with Crippen molar-refractivity contribution in [1.82, 2.24) is 9.78 Å². The van der Waals surface area contributed by atoms with Crippen LogP contribution in [0, 0.1) is 13.8 Å². The molecule has 9 heteroatoms. The molecule has 1 aromatic heterocycles. The summed E-state index contributed by atoms with van der Waals surface area (Å²) in [5.41, 5.74) is 4.36. The number of carbonyl (C=O) groups excluding carboxylic acids is 1. The average molecular weight is 545 g/mol. The summed E-state index contributed by atoms with van der Waals surface area (Å²) < 4.78 is 13.1. The SMILES string of the molecule is COc1ccc(C(=O)Nc2c(C)nn(Cc3ccc(Cl)c(Cl)c3)c2C)cc1COc1ccc(Cl)cc1. The lowest BCUT2D eigenvalue weighted by Gasteiger charge is -2.13. The summed E-state index contributed by atoms with van der Waals surface area (Å²) in [6.07, 6.45) is 0. The van der Waals surface area contributed by atoms with Crippen LogP contribution in [-0.2, 0) is 13.2 Å². The number of nitrogens with zero attached hydrogens (tertiary/aromatic N) is 2. The number of benzene rings is 3. The molecule has 0 spiro atoms. The topological polar surface area (TPSA) is 65.4 Å². The van der Waals surface area contributed by atoms with Crippen molar-refractivity contribution in [3.05, 3.63) is 104 Å². The van der Waals surface area contributed by atoms with E-state index >= 15 is 0 Å². The first-order valence-corrected chi connectivity index (χ1v) is 12.2. The van der Waals surface area contributed by atoms with Gasteiger partial charge in [0.25, 0.3) is 5.91 Å². The molecule has 1 amide bonds. The molecule has 0 saturated heterocycles. The van der Waals surface area contributed by atoms with Crippen molar-refractivity contribution in [3.8, 4) is 11.5 Å². The molecule has 0 aliphatic heterocycles. The molecule has 3 aromatic carbocycles. The van der Waals surface area contributed by atoms with Crippen LogP contribution in [0.4, 0.5) is 5.69 Å². The van der Waals surface area contributed by atoms with Crippen LogP contribution >= 0.6 is 34.8 Å². The molecular weight excluding hydrogens is 521 g/mol. The number of hydrogen-bond donors (Lipinski definition) is 1. The van der Waals surface area contributed by atoms with Crippen LogP contribution in [0.25, 0.3) is 0 Å². The number of aryl methyl sites for hydroxylation is 1. The standard InChI is InChI=1S/C27H24Cl3N3O3/c1-16-26(17(2)33(32-16)14-18-4-10-23(29)24(30)12-18)31-27(34)19-5-11-25(35-3)20(13-19)15-36-22-8-6-21(28)7-9-22/h4-13H,14-15H2,1-3H3,(H,31,34). The van der Waals surface area contributed by atoms with Crippen molar-refractivity contribution < 1.29 is 14.3 Å². The van der Waals surface area contributed by atoms with Gasteiger partial charge in [-0.1, -0.05) is 40.9 Å². The van der Waals surface area contributed by atoms with Gasteiger partial charge in [-0.25, -0.2) is 0 Å². The van der Waals surface area contributed by atoms with Gasteiger partial charge in [0.1, 0.15) is 18.1 Å². The smallest absolute Gasteiger partial charge is 0.255 e. The van der Waals surface area contributed by atoms with Gasteiger partial charge < -0.3 is 14.8 Å². The zero-order chi connectivity index (χ0) is 25.8. The van der Waals surface area contributed by atoms with Crippen LogP contribution in [0.1, 0.15) is 32.9 Å². The predicted molar refractivity (Wildman–Crippen MR) is 144 cm³/mol. The van der Waals surface area contributed by atoms with Gasteiger partial charge >= 0.3 is 0 Å². The largest absolute Gasteiger partial charge is 0.496 e. The van der Waals surface area contributed by atoms with E-state index in [2.05, 4.69) is 10.4 Å². The number of carbonyl (C=O) groups is 1. The summed E-state index contributed by atoms with van der Waals surface area (Å²) in [7, 11) is 1.58. The van der Waals surface area contributed by atoms with Crippen LogP contribution < -0.4 is 14.8 Å². The Balaban J connectivity index is 1.51. The van der Waals surface area contributed by atoms with Crippen LogP contribution in [0.5, 0.6) is 11.5 Å². The Bertz CT molecular complexity index is 1400. The quantitative estimate of drug-likeness (QED) is 0.252. The maximum Gasteiger partial charge on any atom is 0.255 e. The van der Waals surface area contributed by atoms with Crippen molar-refractivity contribution in [3.63, 3.8) is 0 Å². The summed E-state index contributed by atoms with van der Waals surface area (Å²) in [5, 5.41) is 9.21. The van der Waals surface area contributed by atoms with Crippen LogP contribution in [0.15, 0.2) is 60.7 Å². The molecule has 0 unspecified atom stereocenters. The van der Waals surface area contributed by atoms with Gasteiger partial charge in [-0.3, -0.25) is 9.48 Å². The molecule has 36 heavy (non-hydrogen) atoms. The fraction of sp³-hybridized carbons (Fsp3) is 0.185. The molecule has 186 valence electrons. The molecule has 0 aliphatic carbocycles. The molecule has 1 heterocycles. The number of amides is 1. The molecule has 4 aromatic rings. The summed E-state index contributed by atoms with van der Waals surface area (Å²) in [6, 6.07) is 17.8. The fourth-order valence-electron chi connectivity index (χ4n) is 3.75. The molecule has 0 saturated carbocycles. The molecule has 0 radical (unpaired) electrons. The highest BCUT2D eigenvalue weighted by molar-refractivity contribution is 6.42. The van der Waals surface area contributed by atoms with Gasteiger partial charge in [0, 0.05) is 16.1 Å². The Morgan fingerprint density at radius 3 is 2.42 bits per heavy atom. The number of anilines is 1. The molecule has 1 N–H and O–H groups in total. The summed E-state index contributed by atoms with van der Waals surface area (Å²) >= 11 is 18.1. The fourth-order valence-corrected chi connectivity index (χ4v) is 4.20. The maximum atomic E-state index is 13.2. The number of ether oxygens (including phenoxy) is 2. The van der Waals surface area contributed by atoms with E-state index in [4.69, 9.17) is 44.3 Å². The van der Waals surface area contributed by atoms with Gasteiger partial charge in [0.15, 0.2) is 0 Å². The zero-order valence-corrected chi connectivity index (χ0v) is 22.2. The lowest BCUT2D eigenvalue weighted by Crippen LogP contribution is -2.14. The van der Waals surface area contributed by atoms with Gasteiger partial charge in [-0.05, 0) is 74.0 Å². The summed E-state index contributed by atoms with van der Waals surface area (Å²) in [5.74, 6) is 1.03. The van der Waals surface area contributed by atoms with Crippen molar-refractivity contribution in [2.45, 2.75) is 27.0 Å². The first-order chi connectivity index (χ1) is 17.2. The Labute approximate surface area is 224 Å². The van der Waals surface area contributed by atoms with Crippen molar-refractivity contribution >= 4 is 46.4 Å². The van der Waals surface area contributed by atoms with E-state index in [9.17, 15) is 4.79 Å². The van der Waals surface area contributed by atoms with E-state index in [0.717, 1.165) is 16.8 Å². The lowest BCUT2D eigenvalue weighted by molar-refractivity contribution is 0.102. The van der Waals surface area contributed by atoms with Crippen LogP contribution in [0.3, 0.4) is 0 Å². The molecule has 0 atom stereocenters. The van der Waals surface area contributed by atoms with Gasteiger partial charge in [-0.15, -0.1) is 0 Å². The maximum absolute atomic E-state index is 13.2. The van der Waals surface area contributed by atoms with E-state index in [1.165, 1.54) is 0 Å². The van der Waals surface area contributed by atoms with Gasteiger partial charge in [0.2, 0.25) is 0 Å². The van der Waals surface area contributed by atoms with E-state index in [1.807, 2.05) is 30.7 Å². The van der Waals surface area contributed by atoms with Gasteiger partial charge in [-0.2, -0.15) is 5.10 Å². The Kier molecular flexibility index (Phi) is 8.09. The van der Waals surface area contributed by atoms with Crippen molar-refractivity contribution in [2.75, 3.05) is 12.4 Å². The Morgan fingerprint density at radius 2 is 1.72 bits per heavy atom. The third kappa shape index (κ3) is 5.95. The van der Waals surface area contributed by atoms with E-state index in [1.54, 1.807) is 55.6 Å². The third-order valence-corrected chi connectivity index (χ3v) is 6.68. The van der Waals surface area contributed by atoms with Crippen molar-refractivity contribution in [2.24, 2.45) is 0 Å². The van der Waals surface area contributed by atoms with Gasteiger partial charge in [0.05, 0.1) is 40.8 Å². The zero-order valence-electron chi connectivity index (χ0n) is 19.9. The summed E-state index contributed by atoms with van der Waals surface area (Å²) in [6.45, 7) is 4.49. The number of nitrogens with one attached hydrogen (secondary N) is 1.